The quantitative estimate of drug-likeness (QED) is 0.807. The SMILES string of the molecule is CS(=O)(=O)c1cccc2[nH]c(Cc3ccsc3)nc12. The number of para-hydroxylation sites is 1. The standard InChI is InChI=1S/C13H12N2O2S2/c1-19(16,17)11-4-2-3-10-13(11)15-12(14-10)7-9-5-6-18-8-9/h2-6,8H,7H2,1H3,(H,14,15). The monoisotopic (exact) mass is 292 g/mol. The Balaban J connectivity index is 2.11. The average Bonchev–Trinajstić information content (AvgIpc) is 2.95. The molecule has 0 aliphatic rings. The molecule has 0 fully saturated rings. The predicted octanol–water partition coefficient (Wildman–Crippen LogP) is 2.62. The molecule has 0 aliphatic heterocycles. The fourth-order valence-corrected chi connectivity index (χ4v) is 3.53. The van der Waals surface area contributed by atoms with Crippen LogP contribution in [0.15, 0.2) is 39.9 Å². The number of hydrogen-bond acceptors (Lipinski definition) is 4. The maximum Gasteiger partial charge on any atom is 0.177 e. The van der Waals surface area contributed by atoms with Crippen LogP contribution in [-0.4, -0.2) is 24.6 Å². The predicted molar refractivity (Wildman–Crippen MR) is 76.3 cm³/mol. The number of nitrogens with one attached hydrogen (secondary N) is 1. The third-order valence-corrected chi connectivity index (χ3v) is 4.74. The number of nitrogens with zero attached hydrogens (tertiary/aromatic N) is 1. The number of hydrogen-bond donors (Lipinski definition) is 1. The molecule has 0 atom stereocenters. The molecular formula is C13H12N2O2S2. The van der Waals surface area contributed by atoms with Gasteiger partial charge in [-0.2, -0.15) is 11.3 Å². The summed E-state index contributed by atoms with van der Waals surface area (Å²) in [5.74, 6) is 0.782. The fraction of sp³-hybridized carbons (Fsp3) is 0.154. The minimum absolute atomic E-state index is 0.276. The van der Waals surface area contributed by atoms with Crippen LogP contribution in [0.4, 0.5) is 0 Å². The number of aromatic nitrogens is 2. The molecule has 98 valence electrons. The summed E-state index contributed by atoms with van der Waals surface area (Å²) in [6.07, 6.45) is 1.89. The molecule has 0 saturated heterocycles. The van der Waals surface area contributed by atoms with Crippen LogP contribution in [0, 0.1) is 0 Å². The highest BCUT2D eigenvalue weighted by molar-refractivity contribution is 7.91. The van der Waals surface area contributed by atoms with Crippen molar-refractivity contribution in [3.63, 3.8) is 0 Å². The number of thiophene rings is 1. The summed E-state index contributed by atoms with van der Waals surface area (Å²) in [4.78, 5) is 7.88. The minimum atomic E-state index is -3.26. The highest BCUT2D eigenvalue weighted by Crippen LogP contribution is 2.22. The molecule has 2 heterocycles. The Hall–Kier alpha value is -1.66. The van der Waals surface area contributed by atoms with Crippen molar-refractivity contribution in [1.82, 2.24) is 9.97 Å². The summed E-state index contributed by atoms with van der Waals surface area (Å²) < 4.78 is 23.4. The number of sulfone groups is 1. The molecule has 3 aromatic rings. The van der Waals surface area contributed by atoms with E-state index in [0.717, 1.165) is 11.3 Å². The number of H-pyrrole nitrogens is 1. The second kappa shape index (κ2) is 4.47. The van der Waals surface area contributed by atoms with Gasteiger partial charge in [-0.1, -0.05) is 6.07 Å². The van der Waals surface area contributed by atoms with E-state index in [1.165, 1.54) is 11.8 Å². The van der Waals surface area contributed by atoms with E-state index in [1.54, 1.807) is 23.5 Å². The van der Waals surface area contributed by atoms with Crippen molar-refractivity contribution < 1.29 is 8.42 Å². The van der Waals surface area contributed by atoms with E-state index < -0.39 is 9.84 Å². The maximum atomic E-state index is 11.7. The lowest BCUT2D eigenvalue weighted by atomic mass is 10.2. The van der Waals surface area contributed by atoms with Gasteiger partial charge in [0, 0.05) is 12.7 Å². The van der Waals surface area contributed by atoms with Gasteiger partial charge in [0.2, 0.25) is 0 Å². The molecule has 0 spiro atoms. The zero-order valence-electron chi connectivity index (χ0n) is 10.3. The van der Waals surface area contributed by atoms with Crippen LogP contribution in [0.1, 0.15) is 11.4 Å². The topological polar surface area (TPSA) is 62.8 Å². The van der Waals surface area contributed by atoms with E-state index in [9.17, 15) is 8.42 Å². The lowest BCUT2D eigenvalue weighted by Crippen LogP contribution is -1.97. The lowest BCUT2D eigenvalue weighted by Gasteiger charge is -1.97. The molecule has 2 aromatic heterocycles. The van der Waals surface area contributed by atoms with Gasteiger partial charge in [0.05, 0.1) is 10.4 Å². The van der Waals surface area contributed by atoms with Gasteiger partial charge in [-0.05, 0) is 34.5 Å². The number of fused-ring (bicyclic) bond motifs is 1. The third kappa shape index (κ3) is 2.41. The molecule has 0 aliphatic carbocycles. The number of imidazole rings is 1. The highest BCUT2D eigenvalue weighted by Gasteiger charge is 2.15. The van der Waals surface area contributed by atoms with E-state index in [-0.39, 0.29) is 4.90 Å². The van der Waals surface area contributed by atoms with Gasteiger partial charge in [-0.15, -0.1) is 0 Å². The summed E-state index contributed by atoms with van der Waals surface area (Å²) in [7, 11) is -3.26. The van der Waals surface area contributed by atoms with Crippen LogP contribution >= 0.6 is 11.3 Å². The smallest absolute Gasteiger partial charge is 0.177 e. The first-order chi connectivity index (χ1) is 9.04. The fourth-order valence-electron chi connectivity index (χ4n) is 2.03. The second-order valence-corrected chi connectivity index (χ2v) is 7.18. The van der Waals surface area contributed by atoms with Crippen LogP contribution in [0.3, 0.4) is 0 Å². The van der Waals surface area contributed by atoms with Crippen LogP contribution in [0.2, 0.25) is 0 Å². The van der Waals surface area contributed by atoms with Gasteiger partial charge in [0.1, 0.15) is 11.3 Å². The Bertz CT molecular complexity index is 818. The Morgan fingerprint density at radius 3 is 2.84 bits per heavy atom. The highest BCUT2D eigenvalue weighted by atomic mass is 32.2. The summed E-state index contributed by atoms with van der Waals surface area (Å²) in [5, 5.41) is 4.07. The van der Waals surface area contributed by atoms with Crippen molar-refractivity contribution in [1.29, 1.82) is 0 Å². The van der Waals surface area contributed by atoms with E-state index in [1.807, 2.05) is 17.5 Å². The molecule has 0 radical (unpaired) electrons. The number of aromatic amines is 1. The Morgan fingerprint density at radius 1 is 1.32 bits per heavy atom. The van der Waals surface area contributed by atoms with Crippen LogP contribution in [-0.2, 0) is 16.3 Å². The summed E-state index contributed by atoms with van der Waals surface area (Å²) in [5.41, 5.74) is 2.45. The Kier molecular flexibility index (Phi) is 2.91. The molecule has 4 nitrogen and oxygen atoms in total. The maximum absolute atomic E-state index is 11.7. The lowest BCUT2D eigenvalue weighted by molar-refractivity contribution is 0.602. The van der Waals surface area contributed by atoms with E-state index in [4.69, 9.17) is 0 Å². The van der Waals surface area contributed by atoms with Crippen molar-refractivity contribution in [2.75, 3.05) is 6.26 Å². The number of benzene rings is 1. The summed E-state index contributed by atoms with van der Waals surface area (Å²) >= 11 is 1.64. The van der Waals surface area contributed by atoms with Crippen molar-refractivity contribution in [2.45, 2.75) is 11.3 Å². The van der Waals surface area contributed by atoms with Crippen molar-refractivity contribution in [2.24, 2.45) is 0 Å². The summed E-state index contributed by atoms with van der Waals surface area (Å²) in [6.45, 7) is 0. The normalized spacial score (nSPS) is 12.1. The molecule has 3 rings (SSSR count). The first-order valence-electron chi connectivity index (χ1n) is 5.73. The zero-order chi connectivity index (χ0) is 13.5. The van der Waals surface area contributed by atoms with Gasteiger partial charge in [0.15, 0.2) is 9.84 Å². The van der Waals surface area contributed by atoms with Crippen molar-refractivity contribution in [3.05, 3.63) is 46.4 Å². The average molecular weight is 292 g/mol. The molecule has 6 heteroatoms. The molecule has 0 bridgehead atoms. The summed E-state index contributed by atoms with van der Waals surface area (Å²) in [6, 6.07) is 7.20. The van der Waals surface area contributed by atoms with Gasteiger partial charge < -0.3 is 4.98 Å². The largest absolute Gasteiger partial charge is 0.342 e. The van der Waals surface area contributed by atoms with E-state index in [0.29, 0.717) is 11.9 Å². The van der Waals surface area contributed by atoms with Crippen LogP contribution in [0.5, 0.6) is 0 Å². The van der Waals surface area contributed by atoms with Crippen LogP contribution < -0.4 is 0 Å². The molecule has 0 amide bonds. The molecular weight excluding hydrogens is 280 g/mol. The van der Waals surface area contributed by atoms with Crippen molar-refractivity contribution >= 4 is 32.2 Å². The van der Waals surface area contributed by atoms with E-state index >= 15 is 0 Å². The van der Waals surface area contributed by atoms with Gasteiger partial charge in [-0.25, -0.2) is 13.4 Å². The zero-order valence-corrected chi connectivity index (χ0v) is 11.9. The minimum Gasteiger partial charge on any atom is -0.342 e. The number of rotatable bonds is 3. The van der Waals surface area contributed by atoms with Gasteiger partial charge >= 0.3 is 0 Å². The van der Waals surface area contributed by atoms with Gasteiger partial charge in [-0.3, -0.25) is 0 Å². The second-order valence-electron chi connectivity index (χ2n) is 4.42. The molecule has 0 saturated carbocycles. The molecule has 0 unspecified atom stereocenters. The Labute approximate surface area is 115 Å². The van der Waals surface area contributed by atoms with E-state index in [2.05, 4.69) is 15.3 Å². The molecule has 1 N–H and O–H groups in total. The first kappa shape index (κ1) is 12.4. The van der Waals surface area contributed by atoms with Crippen LogP contribution in [0.25, 0.3) is 11.0 Å². The van der Waals surface area contributed by atoms with Crippen molar-refractivity contribution in [3.8, 4) is 0 Å². The van der Waals surface area contributed by atoms with Gasteiger partial charge in [0.25, 0.3) is 0 Å². The first-order valence-corrected chi connectivity index (χ1v) is 8.56. The third-order valence-electron chi connectivity index (χ3n) is 2.88. The molecule has 19 heavy (non-hydrogen) atoms. The Morgan fingerprint density at radius 2 is 2.16 bits per heavy atom. The molecule has 1 aromatic carbocycles.